The van der Waals surface area contributed by atoms with Gasteiger partial charge >= 0.3 is 0 Å². The van der Waals surface area contributed by atoms with Gasteiger partial charge in [-0.1, -0.05) is 0 Å². The lowest BCUT2D eigenvalue weighted by Gasteiger charge is -2.00. The van der Waals surface area contributed by atoms with E-state index in [0.29, 0.717) is 10.6 Å². The van der Waals surface area contributed by atoms with Crippen LogP contribution in [0.2, 0.25) is 0 Å². The molecule has 2 aromatic heterocycles. The predicted molar refractivity (Wildman–Crippen MR) is 79.2 cm³/mol. The van der Waals surface area contributed by atoms with Crippen LogP contribution in [0.1, 0.15) is 0 Å². The fraction of sp³-hybridized carbons (Fsp3) is 0. The first kappa shape index (κ1) is 11.6. The number of hydrogen-bond donors (Lipinski definition) is 2. The van der Waals surface area contributed by atoms with Crippen molar-refractivity contribution >= 4 is 43.1 Å². The molecule has 0 saturated carbocycles. The zero-order chi connectivity index (χ0) is 13.7. The highest BCUT2D eigenvalue weighted by atomic mass is 32.1. The summed E-state index contributed by atoms with van der Waals surface area (Å²) in [5, 5.41) is 20.0. The molecule has 0 amide bonds. The van der Waals surface area contributed by atoms with E-state index in [-0.39, 0.29) is 11.5 Å². The molecule has 0 aliphatic rings. The van der Waals surface area contributed by atoms with Crippen molar-refractivity contribution in [2.45, 2.75) is 0 Å². The molecule has 4 nitrogen and oxygen atoms in total. The fourth-order valence-electron chi connectivity index (χ4n) is 1.99. The summed E-state index contributed by atoms with van der Waals surface area (Å²) >= 11 is 2.89. The van der Waals surface area contributed by atoms with Crippen molar-refractivity contribution in [2.24, 2.45) is 0 Å². The molecule has 0 fully saturated rings. The van der Waals surface area contributed by atoms with E-state index in [1.807, 2.05) is 12.1 Å². The van der Waals surface area contributed by atoms with E-state index in [1.54, 1.807) is 0 Å². The quantitative estimate of drug-likeness (QED) is 0.527. The summed E-state index contributed by atoms with van der Waals surface area (Å²) in [6.45, 7) is 0. The summed E-state index contributed by atoms with van der Waals surface area (Å²) in [5.74, 6) is 0.0319. The van der Waals surface area contributed by atoms with Gasteiger partial charge in [0.2, 0.25) is 0 Å². The third-order valence-corrected chi connectivity index (χ3v) is 4.72. The van der Waals surface area contributed by atoms with Gasteiger partial charge in [0.05, 0.1) is 26.0 Å². The van der Waals surface area contributed by atoms with E-state index in [4.69, 9.17) is 0 Å². The largest absolute Gasteiger partial charge is 0.507 e. The van der Waals surface area contributed by atoms with Crippen LogP contribution in [0.25, 0.3) is 31.0 Å². The van der Waals surface area contributed by atoms with Crippen molar-refractivity contribution in [2.75, 3.05) is 0 Å². The molecule has 2 aromatic carbocycles. The first-order chi connectivity index (χ1) is 9.70. The summed E-state index contributed by atoms with van der Waals surface area (Å²) in [5.41, 5.74) is 5.11. The Morgan fingerprint density at radius 1 is 1.05 bits per heavy atom. The second-order valence-electron chi connectivity index (χ2n) is 4.23. The number of hydrogen-bond acceptors (Lipinski definition) is 6. The number of aromatic hydroxyl groups is 2. The number of phenolic OH excluding ortho intramolecular Hbond substituents is 2. The van der Waals surface area contributed by atoms with E-state index in [2.05, 4.69) is 21.5 Å². The number of thiazole rings is 2. The highest BCUT2D eigenvalue weighted by Gasteiger charge is 2.12. The number of nitrogens with zero attached hydrogens (tertiary/aromatic N) is 2. The summed E-state index contributed by atoms with van der Waals surface area (Å²) in [4.78, 5) is 8.67. The lowest BCUT2D eigenvalue weighted by molar-refractivity contribution is 0.461. The molecule has 4 rings (SSSR count). The molecular formula is C14H6N2O2S2. The van der Waals surface area contributed by atoms with Gasteiger partial charge < -0.3 is 10.2 Å². The average Bonchev–Trinajstić information content (AvgIpc) is 3.03. The van der Waals surface area contributed by atoms with Gasteiger partial charge in [-0.05, 0) is 24.3 Å². The van der Waals surface area contributed by atoms with E-state index in [0.717, 1.165) is 20.4 Å². The third-order valence-electron chi connectivity index (χ3n) is 2.94. The summed E-state index contributed by atoms with van der Waals surface area (Å²) in [6, 6.07) is 9.26. The van der Waals surface area contributed by atoms with Gasteiger partial charge in [-0.25, -0.2) is 9.97 Å². The Morgan fingerprint density at radius 3 is 2.80 bits per heavy atom. The Labute approximate surface area is 121 Å². The maximum absolute atomic E-state index is 9.87. The number of fused-ring (bicyclic) bond motifs is 2. The van der Waals surface area contributed by atoms with Crippen molar-refractivity contribution in [3.63, 3.8) is 0 Å². The summed E-state index contributed by atoms with van der Waals surface area (Å²) in [7, 11) is 0. The first-order valence-corrected chi connectivity index (χ1v) is 7.35. The highest BCUT2D eigenvalue weighted by molar-refractivity contribution is 7.22. The molecule has 2 radical (unpaired) electrons. The van der Waals surface area contributed by atoms with Crippen LogP contribution in [0.5, 0.6) is 11.5 Å². The molecule has 6 heteroatoms. The van der Waals surface area contributed by atoms with Gasteiger partial charge in [0, 0.05) is 6.07 Å². The predicted octanol–water partition coefficient (Wildman–Crippen LogP) is 3.58. The van der Waals surface area contributed by atoms with Gasteiger partial charge in [-0.2, -0.15) is 0 Å². The molecule has 0 atom stereocenters. The minimum atomic E-state index is -0.0192. The minimum absolute atomic E-state index is 0.0192. The van der Waals surface area contributed by atoms with E-state index in [1.165, 1.54) is 34.8 Å². The van der Waals surface area contributed by atoms with Crippen LogP contribution in [-0.2, 0) is 0 Å². The molecule has 0 spiro atoms. The Bertz CT molecular complexity index is 895. The molecule has 2 heterocycles. The Balaban J connectivity index is 1.98. The number of benzene rings is 2. The highest BCUT2D eigenvalue weighted by Crippen LogP contribution is 2.38. The van der Waals surface area contributed by atoms with Gasteiger partial charge in [0.25, 0.3) is 0 Å². The van der Waals surface area contributed by atoms with Crippen molar-refractivity contribution in [3.8, 4) is 22.1 Å². The van der Waals surface area contributed by atoms with E-state index < -0.39 is 0 Å². The zero-order valence-electron chi connectivity index (χ0n) is 9.91. The van der Waals surface area contributed by atoms with Crippen LogP contribution in [0.4, 0.5) is 0 Å². The minimum Gasteiger partial charge on any atom is -0.507 e. The molecule has 4 aromatic rings. The van der Waals surface area contributed by atoms with Crippen LogP contribution < -0.4 is 0 Å². The van der Waals surface area contributed by atoms with Gasteiger partial charge in [-0.3, -0.25) is 0 Å². The first-order valence-electron chi connectivity index (χ1n) is 5.72. The second-order valence-corrected chi connectivity index (χ2v) is 6.09. The van der Waals surface area contributed by atoms with Crippen LogP contribution >= 0.6 is 22.7 Å². The zero-order valence-corrected chi connectivity index (χ0v) is 11.5. The summed E-state index contributed by atoms with van der Waals surface area (Å²) in [6.07, 6.45) is 0. The third kappa shape index (κ3) is 1.73. The van der Waals surface area contributed by atoms with Crippen LogP contribution in [0.3, 0.4) is 0 Å². The lowest BCUT2D eigenvalue weighted by Crippen LogP contribution is -1.78. The topological polar surface area (TPSA) is 66.2 Å². The molecule has 0 saturated heterocycles. The van der Waals surface area contributed by atoms with Crippen LogP contribution in [0, 0.1) is 11.6 Å². The molecule has 0 aliphatic heterocycles. The number of aromatic nitrogens is 2. The van der Waals surface area contributed by atoms with Crippen LogP contribution in [0.15, 0.2) is 24.3 Å². The normalized spacial score (nSPS) is 11.4. The van der Waals surface area contributed by atoms with Crippen molar-refractivity contribution in [1.82, 2.24) is 9.97 Å². The Kier molecular flexibility index (Phi) is 2.42. The molecule has 0 bridgehead atoms. The van der Waals surface area contributed by atoms with E-state index in [9.17, 15) is 10.2 Å². The molecule has 2 N–H and O–H groups in total. The second kappa shape index (κ2) is 4.16. The summed E-state index contributed by atoms with van der Waals surface area (Å²) < 4.78 is 2.02. The molecular weight excluding hydrogens is 292 g/mol. The molecule has 0 aliphatic carbocycles. The number of rotatable bonds is 1. The van der Waals surface area contributed by atoms with Gasteiger partial charge in [0.1, 0.15) is 16.5 Å². The SMILES string of the molecule is Oc1[c]cc(O)c(-c2nc3cc4s[c]nc4cc3s2)c1. The fourth-order valence-corrected chi connectivity index (χ4v) is 3.62. The maximum atomic E-state index is 9.87. The monoisotopic (exact) mass is 298 g/mol. The van der Waals surface area contributed by atoms with Crippen molar-refractivity contribution in [1.29, 1.82) is 0 Å². The average molecular weight is 298 g/mol. The lowest BCUT2D eigenvalue weighted by atomic mass is 10.2. The Hall–Kier alpha value is -2.18. The van der Waals surface area contributed by atoms with E-state index >= 15 is 0 Å². The number of phenols is 2. The smallest absolute Gasteiger partial charge is 0.153 e. The maximum Gasteiger partial charge on any atom is 0.153 e. The Morgan fingerprint density at radius 2 is 1.90 bits per heavy atom. The molecule has 96 valence electrons. The molecule has 20 heavy (non-hydrogen) atoms. The van der Waals surface area contributed by atoms with Crippen molar-refractivity contribution < 1.29 is 10.2 Å². The molecule has 0 unspecified atom stereocenters. The van der Waals surface area contributed by atoms with Crippen molar-refractivity contribution in [3.05, 3.63) is 35.8 Å². The standard InChI is InChI=1S/C14H6N2O2S2/c17-7-1-2-11(18)8(3-7)14-16-10-5-12-9(15-6-19-12)4-13(10)20-14/h2-5,17-18H. The van der Waals surface area contributed by atoms with Crippen LogP contribution in [-0.4, -0.2) is 20.2 Å². The van der Waals surface area contributed by atoms with Gasteiger partial charge in [0.15, 0.2) is 5.51 Å². The van der Waals surface area contributed by atoms with Gasteiger partial charge in [-0.15, -0.1) is 22.7 Å².